The summed E-state index contributed by atoms with van der Waals surface area (Å²) in [7, 11) is 1.72. The third-order valence-electron chi connectivity index (χ3n) is 2.83. The highest BCUT2D eigenvalue weighted by atomic mass is 16.6. The van der Waals surface area contributed by atoms with E-state index in [0.29, 0.717) is 22.8 Å². The Morgan fingerprint density at radius 2 is 1.95 bits per heavy atom. The highest BCUT2D eigenvalue weighted by Crippen LogP contribution is 2.35. The summed E-state index contributed by atoms with van der Waals surface area (Å²) in [5, 5.41) is 14.1. The molecule has 1 aromatic carbocycles. The molecule has 0 saturated carbocycles. The Labute approximate surface area is 122 Å². The molecular weight excluding hydrogens is 270 g/mol. The number of para-hydroxylation sites is 1. The van der Waals surface area contributed by atoms with Crippen LogP contribution in [0, 0.1) is 10.1 Å². The summed E-state index contributed by atoms with van der Waals surface area (Å²) in [5.74, 6) is 1.14. The van der Waals surface area contributed by atoms with Crippen LogP contribution >= 0.6 is 0 Å². The summed E-state index contributed by atoms with van der Waals surface area (Å²) in [4.78, 5) is 15.1. The molecule has 110 valence electrons. The van der Waals surface area contributed by atoms with Crippen LogP contribution in [0.25, 0.3) is 11.3 Å². The van der Waals surface area contributed by atoms with Gasteiger partial charge >= 0.3 is 0 Å². The van der Waals surface area contributed by atoms with Gasteiger partial charge < -0.3 is 10.1 Å². The van der Waals surface area contributed by atoms with Crippen LogP contribution in [0.15, 0.2) is 36.4 Å². The maximum atomic E-state index is 11.2. The number of hydrogen-bond donors (Lipinski definition) is 1. The van der Waals surface area contributed by atoms with Crippen LogP contribution in [0.4, 0.5) is 11.5 Å². The van der Waals surface area contributed by atoms with Gasteiger partial charge in [-0.05, 0) is 32.0 Å². The SMILES string of the molecule is CNc1ccc([N+](=O)[O-])c(-c2ccccc2OC(C)C)n1. The van der Waals surface area contributed by atoms with Gasteiger partial charge in [-0.2, -0.15) is 0 Å². The minimum Gasteiger partial charge on any atom is -0.490 e. The van der Waals surface area contributed by atoms with Crippen LogP contribution in [0.3, 0.4) is 0 Å². The van der Waals surface area contributed by atoms with Crippen LogP contribution in [-0.4, -0.2) is 23.1 Å². The van der Waals surface area contributed by atoms with Gasteiger partial charge in [-0.15, -0.1) is 0 Å². The lowest BCUT2D eigenvalue weighted by molar-refractivity contribution is -0.384. The topological polar surface area (TPSA) is 77.3 Å². The molecule has 2 aromatic rings. The first-order chi connectivity index (χ1) is 10.0. The number of nitrogens with zero attached hydrogens (tertiary/aromatic N) is 2. The van der Waals surface area contributed by atoms with Gasteiger partial charge in [0.15, 0.2) is 5.69 Å². The molecule has 0 spiro atoms. The zero-order chi connectivity index (χ0) is 15.4. The fraction of sp³-hybridized carbons (Fsp3) is 0.267. The number of anilines is 1. The molecule has 0 aliphatic heterocycles. The van der Waals surface area contributed by atoms with E-state index in [1.807, 2.05) is 19.9 Å². The van der Waals surface area contributed by atoms with Crippen molar-refractivity contribution in [3.63, 3.8) is 0 Å². The maximum Gasteiger partial charge on any atom is 0.295 e. The lowest BCUT2D eigenvalue weighted by Gasteiger charge is -2.14. The standard InChI is InChI=1S/C15H17N3O3/c1-10(2)21-13-7-5-4-6-11(13)15-12(18(19)20)8-9-14(16-3)17-15/h4-10H,1-3H3,(H,16,17). The van der Waals surface area contributed by atoms with E-state index in [4.69, 9.17) is 4.74 Å². The second kappa shape index (κ2) is 6.21. The summed E-state index contributed by atoms with van der Waals surface area (Å²) in [6, 6.07) is 10.2. The van der Waals surface area contributed by atoms with Crippen molar-refractivity contribution in [1.82, 2.24) is 4.98 Å². The van der Waals surface area contributed by atoms with Crippen LogP contribution in [0.5, 0.6) is 5.75 Å². The van der Waals surface area contributed by atoms with Crippen molar-refractivity contribution in [3.05, 3.63) is 46.5 Å². The van der Waals surface area contributed by atoms with Crippen molar-refractivity contribution in [2.75, 3.05) is 12.4 Å². The van der Waals surface area contributed by atoms with E-state index in [2.05, 4.69) is 10.3 Å². The first-order valence-corrected chi connectivity index (χ1v) is 6.62. The molecule has 1 N–H and O–H groups in total. The normalized spacial score (nSPS) is 10.5. The van der Waals surface area contributed by atoms with Crippen molar-refractivity contribution in [2.24, 2.45) is 0 Å². The predicted octanol–water partition coefficient (Wildman–Crippen LogP) is 3.49. The van der Waals surface area contributed by atoms with E-state index in [-0.39, 0.29) is 11.8 Å². The largest absolute Gasteiger partial charge is 0.490 e. The molecule has 6 heteroatoms. The third-order valence-corrected chi connectivity index (χ3v) is 2.83. The van der Waals surface area contributed by atoms with Crippen LogP contribution in [-0.2, 0) is 0 Å². The van der Waals surface area contributed by atoms with Crippen molar-refractivity contribution in [2.45, 2.75) is 20.0 Å². The zero-order valence-corrected chi connectivity index (χ0v) is 12.2. The summed E-state index contributed by atoms with van der Waals surface area (Å²) in [6.45, 7) is 3.81. The average Bonchev–Trinajstić information content (AvgIpc) is 2.46. The molecule has 1 heterocycles. The molecule has 0 unspecified atom stereocenters. The monoisotopic (exact) mass is 287 g/mol. The quantitative estimate of drug-likeness (QED) is 0.673. The molecule has 0 bridgehead atoms. The first-order valence-electron chi connectivity index (χ1n) is 6.62. The summed E-state index contributed by atoms with van der Waals surface area (Å²) in [6.07, 6.45) is -0.0299. The number of nitrogens with one attached hydrogen (secondary N) is 1. The lowest BCUT2D eigenvalue weighted by Crippen LogP contribution is -2.07. The number of rotatable bonds is 5. The van der Waals surface area contributed by atoms with E-state index in [1.165, 1.54) is 6.07 Å². The maximum absolute atomic E-state index is 11.2. The van der Waals surface area contributed by atoms with Gasteiger partial charge in [0.05, 0.1) is 11.0 Å². The molecule has 1 aromatic heterocycles. The molecule has 21 heavy (non-hydrogen) atoms. The number of aromatic nitrogens is 1. The fourth-order valence-corrected chi connectivity index (χ4v) is 1.96. The molecule has 0 amide bonds. The number of nitro groups is 1. The minimum absolute atomic E-state index is 0.0299. The Hall–Kier alpha value is -2.63. The van der Waals surface area contributed by atoms with Gasteiger partial charge in [0.25, 0.3) is 5.69 Å². The van der Waals surface area contributed by atoms with Gasteiger partial charge in [0.2, 0.25) is 0 Å². The Morgan fingerprint density at radius 3 is 2.57 bits per heavy atom. The molecule has 0 aliphatic rings. The third kappa shape index (κ3) is 3.28. The first kappa shape index (κ1) is 14.8. The Balaban J connectivity index is 2.62. The van der Waals surface area contributed by atoms with Gasteiger partial charge in [-0.3, -0.25) is 10.1 Å². The molecule has 0 aliphatic carbocycles. The molecule has 2 rings (SSSR count). The highest BCUT2D eigenvalue weighted by Gasteiger charge is 2.20. The van der Waals surface area contributed by atoms with E-state index in [1.54, 1.807) is 31.3 Å². The average molecular weight is 287 g/mol. The predicted molar refractivity (Wildman–Crippen MR) is 81.6 cm³/mol. The molecule has 6 nitrogen and oxygen atoms in total. The van der Waals surface area contributed by atoms with Gasteiger partial charge in [-0.1, -0.05) is 12.1 Å². The van der Waals surface area contributed by atoms with Crippen LogP contribution in [0.2, 0.25) is 0 Å². The zero-order valence-electron chi connectivity index (χ0n) is 12.2. The summed E-state index contributed by atoms with van der Waals surface area (Å²) >= 11 is 0. The van der Waals surface area contributed by atoms with Gasteiger partial charge in [0.1, 0.15) is 11.6 Å². The molecule has 0 radical (unpaired) electrons. The summed E-state index contributed by atoms with van der Waals surface area (Å²) in [5.41, 5.74) is 0.854. The highest BCUT2D eigenvalue weighted by molar-refractivity contribution is 5.76. The molecule has 0 fully saturated rings. The van der Waals surface area contributed by atoms with Crippen molar-refractivity contribution < 1.29 is 9.66 Å². The summed E-state index contributed by atoms with van der Waals surface area (Å²) < 4.78 is 5.72. The Bertz CT molecular complexity index is 656. The van der Waals surface area contributed by atoms with E-state index >= 15 is 0 Å². The second-order valence-corrected chi connectivity index (χ2v) is 4.73. The lowest BCUT2D eigenvalue weighted by atomic mass is 10.1. The fourth-order valence-electron chi connectivity index (χ4n) is 1.96. The van der Waals surface area contributed by atoms with Crippen LogP contribution < -0.4 is 10.1 Å². The Morgan fingerprint density at radius 1 is 1.24 bits per heavy atom. The Kier molecular flexibility index (Phi) is 4.37. The minimum atomic E-state index is -0.437. The molecule has 0 saturated heterocycles. The molecular formula is C15H17N3O3. The second-order valence-electron chi connectivity index (χ2n) is 4.73. The van der Waals surface area contributed by atoms with E-state index in [0.717, 1.165) is 0 Å². The van der Waals surface area contributed by atoms with E-state index < -0.39 is 4.92 Å². The molecule has 0 atom stereocenters. The van der Waals surface area contributed by atoms with Gasteiger partial charge in [-0.25, -0.2) is 4.98 Å². The van der Waals surface area contributed by atoms with Crippen LogP contribution in [0.1, 0.15) is 13.8 Å². The van der Waals surface area contributed by atoms with Gasteiger partial charge in [0, 0.05) is 18.7 Å². The number of ether oxygens (including phenoxy) is 1. The van der Waals surface area contributed by atoms with E-state index in [9.17, 15) is 10.1 Å². The van der Waals surface area contributed by atoms with Crippen molar-refractivity contribution >= 4 is 11.5 Å². The smallest absolute Gasteiger partial charge is 0.295 e. The van der Waals surface area contributed by atoms with Crippen molar-refractivity contribution in [1.29, 1.82) is 0 Å². The number of hydrogen-bond acceptors (Lipinski definition) is 5. The van der Waals surface area contributed by atoms with Crippen molar-refractivity contribution in [3.8, 4) is 17.0 Å². The number of pyridine rings is 1. The number of benzene rings is 1.